The van der Waals surface area contributed by atoms with Crippen LogP contribution in [0.15, 0.2) is 6.20 Å². The van der Waals surface area contributed by atoms with E-state index in [0.717, 1.165) is 22.9 Å². The number of rotatable bonds is 3. The van der Waals surface area contributed by atoms with Gasteiger partial charge in [0.05, 0.1) is 18.3 Å². The Bertz CT molecular complexity index is 417. The van der Waals surface area contributed by atoms with Gasteiger partial charge in [0, 0.05) is 29.9 Å². The molecule has 1 aromatic heterocycles. The lowest BCUT2D eigenvalue weighted by Crippen LogP contribution is -2.43. The number of nitrogens with one attached hydrogen (secondary N) is 2. The van der Waals surface area contributed by atoms with E-state index in [1.807, 2.05) is 31.8 Å². The molecular weight excluding hydrogens is 272 g/mol. The number of amides is 1. The van der Waals surface area contributed by atoms with Gasteiger partial charge in [-0.2, -0.15) is 5.10 Å². The van der Waals surface area contributed by atoms with Gasteiger partial charge in [0.1, 0.15) is 0 Å². The maximum Gasteiger partial charge on any atom is 0.238 e. The number of hydrogen-bond acceptors (Lipinski definition) is 4. The molecule has 1 saturated heterocycles. The van der Waals surface area contributed by atoms with Crippen molar-refractivity contribution in [2.45, 2.75) is 25.9 Å². The SMILES string of the molecule is Cc1c(C(C)NC(=O)C2CSCN2)cnn1C.Cl. The lowest BCUT2D eigenvalue weighted by molar-refractivity contribution is -0.123. The molecule has 1 fully saturated rings. The van der Waals surface area contributed by atoms with E-state index in [-0.39, 0.29) is 30.4 Å². The number of halogens is 1. The third-order valence-corrected chi connectivity index (χ3v) is 4.07. The Hall–Kier alpha value is -0.720. The van der Waals surface area contributed by atoms with Crippen LogP contribution < -0.4 is 10.6 Å². The minimum absolute atomic E-state index is 0. The van der Waals surface area contributed by atoms with Crippen LogP contribution >= 0.6 is 24.2 Å². The van der Waals surface area contributed by atoms with Gasteiger partial charge in [-0.15, -0.1) is 24.2 Å². The van der Waals surface area contributed by atoms with Crippen molar-refractivity contribution in [3.63, 3.8) is 0 Å². The van der Waals surface area contributed by atoms with Gasteiger partial charge in [0.15, 0.2) is 0 Å². The number of hydrogen-bond donors (Lipinski definition) is 2. The topological polar surface area (TPSA) is 59.0 Å². The van der Waals surface area contributed by atoms with Crippen LogP contribution in [0.5, 0.6) is 0 Å². The fourth-order valence-electron chi connectivity index (χ4n) is 1.90. The first-order chi connectivity index (χ1) is 8.09. The van der Waals surface area contributed by atoms with E-state index in [2.05, 4.69) is 15.7 Å². The summed E-state index contributed by atoms with van der Waals surface area (Å²) in [6, 6.07) is -0.0528. The quantitative estimate of drug-likeness (QED) is 0.872. The second kappa shape index (κ2) is 6.45. The van der Waals surface area contributed by atoms with Gasteiger partial charge < -0.3 is 5.32 Å². The third kappa shape index (κ3) is 3.18. The van der Waals surface area contributed by atoms with Gasteiger partial charge in [-0.1, -0.05) is 0 Å². The van der Waals surface area contributed by atoms with Gasteiger partial charge in [-0.25, -0.2) is 0 Å². The van der Waals surface area contributed by atoms with Gasteiger partial charge in [0.25, 0.3) is 0 Å². The van der Waals surface area contributed by atoms with Crippen molar-refractivity contribution in [1.29, 1.82) is 0 Å². The predicted molar refractivity (Wildman–Crippen MR) is 76.0 cm³/mol. The molecule has 1 aliphatic heterocycles. The van der Waals surface area contributed by atoms with Crippen molar-refractivity contribution >= 4 is 30.1 Å². The fraction of sp³-hybridized carbons (Fsp3) is 0.636. The van der Waals surface area contributed by atoms with E-state index in [1.165, 1.54) is 0 Å². The van der Waals surface area contributed by atoms with Crippen LogP contribution in [-0.4, -0.2) is 33.4 Å². The highest BCUT2D eigenvalue weighted by molar-refractivity contribution is 7.99. The van der Waals surface area contributed by atoms with Crippen LogP contribution in [0, 0.1) is 6.92 Å². The average Bonchev–Trinajstić information content (AvgIpc) is 2.90. The summed E-state index contributed by atoms with van der Waals surface area (Å²) in [6.07, 6.45) is 1.82. The fourth-order valence-corrected chi connectivity index (χ4v) is 2.84. The largest absolute Gasteiger partial charge is 0.348 e. The highest BCUT2D eigenvalue weighted by atomic mass is 35.5. The normalized spacial score (nSPS) is 20.3. The Morgan fingerprint density at radius 2 is 2.44 bits per heavy atom. The molecule has 18 heavy (non-hydrogen) atoms. The predicted octanol–water partition coefficient (Wildman–Crippen LogP) is 0.990. The zero-order chi connectivity index (χ0) is 12.4. The molecule has 1 amide bonds. The molecule has 1 aliphatic rings. The second-order valence-electron chi connectivity index (χ2n) is 4.31. The molecule has 1 aromatic rings. The molecule has 2 N–H and O–H groups in total. The number of nitrogens with zero attached hydrogens (tertiary/aromatic N) is 2. The number of thioether (sulfide) groups is 1. The van der Waals surface area contributed by atoms with E-state index < -0.39 is 0 Å². The summed E-state index contributed by atoms with van der Waals surface area (Å²) >= 11 is 1.75. The van der Waals surface area contributed by atoms with Crippen LogP contribution in [0.3, 0.4) is 0 Å². The van der Waals surface area contributed by atoms with E-state index in [0.29, 0.717) is 0 Å². The van der Waals surface area contributed by atoms with Crippen molar-refractivity contribution in [3.8, 4) is 0 Å². The smallest absolute Gasteiger partial charge is 0.238 e. The maximum absolute atomic E-state index is 11.9. The number of aryl methyl sites for hydroxylation is 1. The molecule has 0 spiro atoms. The summed E-state index contributed by atoms with van der Waals surface area (Å²) in [5.41, 5.74) is 2.16. The van der Waals surface area contributed by atoms with Crippen LogP contribution in [0.2, 0.25) is 0 Å². The lowest BCUT2D eigenvalue weighted by atomic mass is 10.1. The molecule has 7 heteroatoms. The highest BCUT2D eigenvalue weighted by Crippen LogP contribution is 2.17. The molecule has 5 nitrogen and oxygen atoms in total. The summed E-state index contributed by atoms with van der Waals surface area (Å²) in [5, 5.41) is 10.4. The van der Waals surface area contributed by atoms with Crippen LogP contribution in [0.25, 0.3) is 0 Å². The minimum Gasteiger partial charge on any atom is -0.348 e. The van der Waals surface area contributed by atoms with Gasteiger partial charge in [-0.05, 0) is 13.8 Å². The van der Waals surface area contributed by atoms with Crippen molar-refractivity contribution in [2.75, 3.05) is 11.6 Å². The summed E-state index contributed by atoms with van der Waals surface area (Å²) in [6.45, 7) is 4.00. The second-order valence-corrected chi connectivity index (χ2v) is 5.34. The lowest BCUT2D eigenvalue weighted by Gasteiger charge is -2.16. The Labute approximate surface area is 117 Å². The standard InChI is InChI=1S/C11H18N4OS.ClH/c1-7(9-4-13-15(3)8(9)2)14-11(16)10-5-17-6-12-10;/h4,7,10,12H,5-6H2,1-3H3,(H,14,16);1H. The molecule has 0 radical (unpaired) electrons. The monoisotopic (exact) mass is 290 g/mol. The Balaban J connectivity index is 0.00000162. The zero-order valence-electron chi connectivity index (χ0n) is 10.8. The Kier molecular flexibility index (Phi) is 5.49. The van der Waals surface area contributed by atoms with Gasteiger partial charge >= 0.3 is 0 Å². The minimum atomic E-state index is -0.0561. The van der Waals surface area contributed by atoms with Crippen LogP contribution in [-0.2, 0) is 11.8 Å². The number of aromatic nitrogens is 2. The maximum atomic E-state index is 11.9. The highest BCUT2D eigenvalue weighted by Gasteiger charge is 2.24. The van der Waals surface area contributed by atoms with Gasteiger partial charge in [0.2, 0.25) is 5.91 Å². The Morgan fingerprint density at radius 3 is 2.94 bits per heavy atom. The molecule has 0 aliphatic carbocycles. The number of carbonyl (C=O) groups is 1. The molecule has 2 rings (SSSR count). The molecular formula is C11H19ClN4OS. The first-order valence-electron chi connectivity index (χ1n) is 5.69. The van der Waals surface area contributed by atoms with E-state index in [4.69, 9.17) is 0 Å². The van der Waals surface area contributed by atoms with Crippen molar-refractivity contribution in [2.24, 2.45) is 7.05 Å². The molecule has 2 unspecified atom stereocenters. The van der Waals surface area contributed by atoms with Crippen LogP contribution in [0.4, 0.5) is 0 Å². The molecule has 2 heterocycles. The van der Waals surface area contributed by atoms with Crippen LogP contribution in [0.1, 0.15) is 24.2 Å². The van der Waals surface area contributed by atoms with Crippen molar-refractivity contribution in [3.05, 3.63) is 17.5 Å². The average molecular weight is 291 g/mol. The molecule has 0 bridgehead atoms. The third-order valence-electron chi connectivity index (χ3n) is 3.13. The zero-order valence-corrected chi connectivity index (χ0v) is 12.4. The summed E-state index contributed by atoms with van der Waals surface area (Å²) in [4.78, 5) is 11.9. The molecule has 102 valence electrons. The first kappa shape index (κ1) is 15.3. The van der Waals surface area contributed by atoms with Gasteiger partial charge in [-0.3, -0.25) is 14.8 Å². The van der Waals surface area contributed by atoms with E-state index in [1.54, 1.807) is 11.8 Å². The number of carbonyl (C=O) groups excluding carboxylic acids is 1. The van der Waals surface area contributed by atoms with Crippen molar-refractivity contribution < 1.29 is 4.79 Å². The first-order valence-corrected chi connectivity index (χ1v) is 6.85. The summed E-state index contributed by atoms with van der Waals surface area (Å²) in [7, 11) is 1.91. The molecule has 0 saturated carbocycles. The molecule has 2 atom stereocenters. The van der Waals surface area contributed by atoms with E-state index in [9.17, 15) is 4.79 Å². The Morgan fingerprint density at radius 1 is 1.72 bits per heavy atom. The molecule has 0 aromatic carbocycles. The van der Waals surface area contributed by atoms with E-state index >= 15 is 0 Å². The van der Waals surface area contributed by atoms with Crippen molar-refractivity contribution in [1.82, 2.24) is 20.4 Å². The summed E-state index contributed by atoms with van der Waals surface area (Å²) in [5.74, 6) is 1.79. The summed E-state index contributed by atoms with van der Waals surface area (Å²) < 4.78 is 1.82.